The fraction of sp³-hybridized carbons (Fsp3) is 0.271. The lowest BCUT2D eigenvalue weighted by Gasteiger charge is -2.33. The SMILES string of the molecule is CN(CC(=O)O)c1ccccc1OCCOc1cc(N(C)C(=O)c2cccc(C(=O)O)c2-c2c3ccc(=[N+]4CCC4)cc-3oc3cc(N4CCC4)ccc23)ccc1N(C)CC(=O)O. The first kappa shape index (κ1) is 42.2. The van der Waals surface area contributed by atoms with Gasteiger partial charge in [-0.3, -0.25) is 14.4 Å². The number of ether oxygens (including phenoxy) is 2. The number of nitrogens with zero attached hydrogens (tertiary/aromatic N) is 5. The Balaban J connectivity index is 1.17. The molecule has 0 saturated carbocycles. The van der Waals surface area contributed by atoms with Gasteiger partial charge in [0.1, 0.15) is 62.2 Å². The molecule has 15 heteroatoms. The lowest BCUT2D eigenvalue weighted by molar-refractivity contribution is -0.136. The Morgan fingerprint density at radius 1 is 0.698 bits per heavy atom. The second-order valence-electron chi connectivity index (χ2n) is 15.7. The number of carbonyl (C=O) groups excluding carboxylic acids is 1. The highest BCUT2D eigenvalue weighted by molar-refractivity contribution is 6.17. The van der Waals surface area contributed by atoms with E-state index in [1.807, 2.05) is 36.4 Å². The minimum Gasteiger partial charge on any atom is -0.488 e. The van der Waals surface area contributed by atoms with E-state index in [2.05, 4.69) is 9.48 Å². The molecule has 3 heterocycles. The Morgan fingerprint density at radius 2 is 1.38 bits per heavy atom. The van der Waals surface area contributed by atoms with Crippen molar-refractivity contribution in [3.05, 3.63) is 114 Å². The summed E-state index contributed by atoms with van der Waals surface area (Å²) >= 11 is 0. The largest absolute Gasteiger partial charge is 0.488 e. The molecule has 0 bridgehead atoms. The van der Waals surface area contributed by atoms with Gasteiger partial charge in [-0.25, -0.2) is 9.37 Å². The van der Waals surface area contributed by atoms with Gasteiger partial charge in [-0.05, 0) is 61.0 Å². The van der Waals surface area contributed by atoms with Crippen LogP contribution in [0, 0.1) is 0 Å². The summed E-state index contributed by atoms with van der Waals surface area (Å²) in [6, 6.07) is 28.5. The number of fused-ring (bicyclic) bond motifs is 2. The van der Waals surface area contributed by atoms with Crippen molar-refractivity contribution in [2.75, 3.05) is 93.2 Å². The Morgan fingerprint density at radius 3 is 2.03 bits per heavy atom. The predicted molar refractivity (Wildman–Crippen MR) is 240 cm³/mol. The molecule has 15 nitrogen and oxygen atoms in total. The third-order valence-electron chi connectivity index (χ3n) is 11.6. The van der Waals surface area contributed by atoms with Crippen LogP contribution in [-0.4, -0.2) is 113 Å². The van der Waals surface area contributed by atoms with Crippen molar-refractivity contribution in [3.8, 4) is 33.9 Å². The van der Waals surface area contributed by atoms with Crippen LogP contribution in [-0.2, 0) is 9.59 Å². The van der Waals surface area contributed by atoms with Crippen molar-refractivity contribution >= 4 is 57.5 Å². The van der Waals surface area contributed by atoms with Gasteiger partial charge in [0, 0.05) is 91.4 Å². The minimum absolute atomic E-state index is 0.00890. The molecule has 0 aromatic heterocycles. The zero-order chi connectivity index (χ0) is 44.4. The van der Waals surface area contributed by atoms with E-state index >= 15 is 0 Å². The Labute approximate surface area is 363 Å². The van der Waals surface area contributed by atoms with E-state index in [4.69, 9.17) is 13.9 Å². The lowest BCUT2D eigenvalue weighted by Crippen LogP contribution is -2.40. The molecule has 0 radical (unpaired) electrons. The average molecular weight is 855 g/mol. The lowest BCUT2D eigenvalue weighted by atomic mass is 9.87. The predicted octanol–water partition coefficient (Wildman–Crippen LogP) is 6.06. The monoisotopic (exact) mass is 854 g/mol. The van der Waals surface area contributed by atoms with E-state index in [0.717, 1.165) is 50.1 Å². The maximum absolute atomic E-state index is 14.9. The summed E-state index contributed by atoms with van der Waals surface area (Å²) in [5.41, 5.74) is 4.56. The normalized spacial score (nSPS) is 13.3. The summed E-state index contributed by atoms with van der Waals surface area (Å²) in [5, 5.41) is 31.3. The molecule has 4 aromatic rings. The van der Waals surface area contributed by atoms with Gasteiger partial charge in [0.05, 0.1) is 29.4 Å². The number of aliphatic carboxylic acids is 2. The first-order chi connectivity index (χ1) is 30.4. The molecule has 4 aromatic carbocycles. The molecule has 3 N–H and O–H groups in total. The minimum atomic E-state index is -1.20. The van der Waals surface area contributed by atoms with Crippen LogP contribution in [0.2, 0.25) is 0 Å². The Kier molecular flexibility index (Phi) is 11.9. The molecule has 8 rings (SSSR count). The molecule has 4 aliphatic rings. The van der Waals surface area contributed by atoms with Crippen LogP contribution in [0.15, 0.2) is 101 Å². The van der Waals surface area contributed by atoms with Crippen molar-refractivity contribution < 1.29 is 48.4 Å². The van der Waals surface area contributed by atoms with E-state index in [9.17, 15) is 34.5 Å². The molecule has 2 saturated heterocycles. The second-order valence-corrected chi connectivity index (χ2v) is 15.7. The smallest absolute Gasteiger partial charge is 0.336 e. The molecule has 0 unspecified atom stereocenters. The molecule has 1 amide bonds. The van der Waals surface area contributed by atoms with Crippen molar-refractivity contribution in [3.63, 3.8) is 0 Å². The van der Waals surface area contributed by atoms with Crippen LogP contribution < -0.4 is 39.0 Å². The fourth-order valence-corrected chi connectivity index (χ4v) is 8.07. The molecule has 1 aliphatic carbocycles. The molecular weight excluding hydrogens is 807 g/mol. The van der Waals surface area contributed by atoms with Gasteiger partial charge in [0.25, 0.3) is 5.91 Å². The number of carboxylic acids is 3. The Bertz CT molecular complexity index is 2790. The van der Waals surface area contributed by atoms with Crippen molar-refractivity contribution in [2.24, 2.45) is 0 Å². The quantitative estimate of drug-likeness (QED) is 0.0582. The standard InChI is InChI=1S/C48H47N5O10/c1-49(28-43(54)55)37-11-4-5-12-39(37)61-23-24-62-42-25-30(15-18-38(42)50(2)29-44(56)57)51(3)47(58)35-9-6-10-36(48(59)60)46(35)45-33-16-13-31(52-19-7-20-52)26-40(33)63-41-27-32(14-17-34(41)45)53-21-8-22-53/h4-6,9-18,25-27H,7-8,19-24,28-29H2,1-3H3,(H2-,54,55,56,57,59,60)/p+1. The molecule has 63 heavy (non-hydrogen) atoms. The average Bonchev–Trinajstić information content (AvgIpc) is 3.21. The van der Waals surface area contributed by atoms with Gasteiger partial charge in [0.15, 0.2) is 0 Å². The summed E-state index contributed by atoms with van der Waals surface area (Å²) in [5.74, 6) is -2.45. The molecule has 324 valence electrons. The number of anilines is 4. The third-order valence-corrected chi connectivity index (χ3v) is 11.6. The zero-order valence-corrected chi connectivity index (χ0v) is 35.2. The summed E-state index contributed by atoms with van der Waals surface area (Å²) in [6.07, 6.45) is 2.19. The Hall–Kier alpha value is -7.55. The number of rotatable bonds is 16. The van der Waals surface area contributed by atoms with E-state index < -0.39 is 23.8 Å². The van der Waals surface area contributed by atoms with Crippen LogP contribution >= 0.6 is 0 Å². The highest BCUT2D eigenvalue weighted by Crippen LogP contribution is 2.44. The van der Waals surface area contributed by atoms with E-state index in [1.54, 1.807) is 80.6 Å². The number of para-hydroxylation sites is 2. The number of carboxylic acid groups (broad SMARTS) is 3. The van der Waals surface area contributed by atoms with Gasteiger partial charge in [-0.15, -0.1) is 0 Å². The van der Waals surface area contributed by atoms with Gasteiger partial charge >= 0.3 is 17.9 Å². The number of hydrogen-bond donors (Lipinski definition) is 3. The van der Waals surface area contributed by atoms with Crippen LogP contribution in [0.1, 0.15) is 33.6 Å². The number of hydrogen-bond acceptors (Lipinski definition) is 10. The molecular formula is C48H48N5O10+. The van der Waals surface area contributed by atoms with Crippen molar-refractivity contribution in [2.45, 2.75) is 12.8 Å². The van der Waals surface area contributed by atoms with Gasteiger partial charge in [-0.1, -0.05) is 18.2 Å². The summed E-state index contributed by atoms with van der Waals surface area (Å²) in [4.78, 5) is 57.9. The maximum atomic E-state index is 14.9. The summed E-state index contributed by atoms with van der Waals surface area (Å²) in [7, 11) is 4.84. The van der Waals surface area contributed by atoms with Crippen molar-refractivity contribution in [1.29, 1.82) is 0 Å². The van der Waals surface area contributed by atoms with Crippen LogP contribution in [0.5, 0.6) is 11.5 Å². The number of amides is 1. The van der Waals surface area contributed by atoms with E-state index in [0.29, 0.717) is 50.7 Å². The number of likely N-dealkylation sites (N-methyl/N-ethyl adjacent to an activating group) is 2. The first-order valence-corrected chi connectivity index (χ1v) is 20.7. The van der Waals surface area contributed by atoms with E-state index in [-0.39, 0.29) is 48.7 Å². The topological polar surface area (TPSA) is 177 Å². The molecule has 0 spiro atoms. The maximum Gasteiger partial charge on any atom is 0.336 e. The number of carbonyl (C=O) groups is 4. The zero-order valence-electron chi connectivity index (χ0n) is 35.2. The number of aromatic carboxylic acids is 1. The third kappa shape index (κ3) is 8.67. The molecule has 3 aliphatic heterocycles. The second kappa shape index (κ2) is 17.8. The van der Waals surface area contributed by atoms with Crippen LogP contribution in [0.4, 0.5) is 22.7 Å². The molecule has 0 atom stereocenters. The highest BCUT2D eigenvalue weighted by atomic mass is 16.5. The van der Waals surface area contributed by atoms with Crippen LogP contribution in [0.3, 0.4) is 0 Å². The van der Waals surface area contributed by atoms with Crippen LogP contribution in [0.25, 0.3) is 33.4 Å². The van der Waals surface area contributed by atoms with Gasteiger partial charge in [0.2, 0.25) is 5.36 Å². The summed E-state index contributed by atoms with van der Waals surface area (Å²) < 4.78 is 21.1. The summed E-state index contributed by atoms with van der Waals surface area (Å²) in [6.45, 7) is 3.21. The van der Waals surface area contributed by atoms with Gasteiger partial charge in [-0.2, -0.15) is 0 Å². The number of benzene rings is 5. The first-order valence-electron chi connectivity index (χ1n) is 20.7. The fourth-order valence-electron chi connectivity index (χ4n) is 8.07. The van der Waals surface area contributed by atoms with Gasteiger partial charge < -0.3 is 48.8 Å². The molecule has 2 fully saturated rings. The van der Waals surface area contributed by atoms with E-state index in [1.165, 1.54) is 15.9 Å². The highest BCUT2D eigenvalue weighted by Gasteiger charge is 2.30. The van der Waals surface area contributed by atoms with Crippen molar-refractivity contribution in [1.82, 2.24) is 4.58 Å².